The molecule has 0 saturated carbocycles. The fraction of sp³-hybridized carbons (Fsp3) is 0.600. The Kier molecular flexibility index (Phi) is 8.28. The molecule has 0 radical (unpaired) electrons. The second kappa shape index (κ2) is 10.9. The van der Waals surface area contributed by atoms with E-state index < -0.39 is 0 Å². The van der Waals surface area contributed by atoms with Crippen LogP contribution in [0.4, 0.5) is 5.13 Å². The third-order valence-electron chi connectivity index (χ3n) is 4.95. The minimum atomic E-state index is -0.365. The van der Waals surface area contributed by atoms with Crippen molar-refractivity contribution in [1.82, 2.24) is 20.3 Å². The molecule has 0 aromatic carbocycles. The van der Waals surface area contributed by atoms with Gasteiger partial charge in [0.1, 0.15) is 4.88 Å². The van der Waals surface area contributed by atoms with Crippen molar-refractivity contribution in [3.8, 4) is 0 Å². The third-order valence-corrected chi connectivity index (χ3v) is 6.30. The van der Waals surface area contributed by atoms with E-state index in [0.717, 1.165) is 17.2 Å². The number of esters is 1. The van der Waals surface area contributed by atoms with E-state index in [9.17, 15) is 9.59 Å². The largest absolute Gasteiger partial charge is 0.462 e. The summed E-state index contributed by atoms with van der Waals surface area (Å²) in [6, 6.07) is -0.172. The van der Waals surface area contributed by atoms with Crippen LogP contribution in [0, 0.1) is 0 Å². The average molecular weight is 470 g/mol. The molecule has 1 amide bonds. The number of rotatable bonds is 9. The topological polar surface area (TPSA) is 109 Å². The number of nitrogens with zero attached hydrogens (tertiary/aromatic N) is 3. The number of nitrogens with one attached hydrogen (secondary N) is 2. The zero-order chi connectivity index (χ0) is 22.4. The van der Waals surface area contributed by atoms with Crippen LogP contribution in [0.2, 0.25) is 5.15 Å². The van der Waals surface area contributed by atoms with Crippen molar-refractivity contribution in [3.05, 3.63) is 27.7 Å². The van der Waals surface area contributed by atoms with Gasteiger partial charge >= 0.3 is 5.97 Å². The van der Waals surface area contributed by atoms with Gasteiger partial charge < -0.3 is 24.7 Å². The molecule has 2 aromatic rings. The highest BCUT2D eigenvalue weighted by Crippen LogP contribution is 2.27. The van der Waals surface area contributed by atoms with Crippen molar-refractivity contribution in [2.75, 3.05) is 31.2 Å². The molecule has 3 heterocycles. The predicted molar refractivity (Wildman–Crippen MR) is 119 cm³/mol. The van der Waals surface area contributed by atoms with Crippen LogP contribution < -0.4 is 10.2 Å². The van der Waals surface area contributed by atoms with E-state index in [-0.39, 0.29) is 29.8 Å². The van der Waals surface area contributed by atoms with E-state index in [1.165, 1.54) is 11.3 Å². The highest BCUT2D eigenvalue weighted by atomic mass is 35.5. The number of ether oxygens (including phenoxy) is 2. The van der Waals surface area contributed by atoms with Gasteiger partial charge in [0.25, 0.3) is 5.91 Å². The minimum absolute atomic E-state index is 0.172. The second-order valence-electron chi connectivity index (χ2n) is 7.16. The summed E-state index contributed by atoms with van der Waals surface area (Å²) in [4.78, 5) is 38.7. The summed E-state index contributed by atoms with van der Waals surface area (Å²) in [6.07, 6.45) is 3.53. The lowest BCUT2D eigenvalue weighted by Crippen LogP contribution is -2.55. The van der Waals surface area contributed by atoms with Gasteiger partial charge in [0.15, 0.2) is 16.1 Å². The van der Waals surface area contributed by atoms with Crippen molar-refractivity contribution >= 4 is 39.9 Å². The monoisotopic (exact) mass is 469 g/mol. The molecule has 2 unspecified atom stereocenters. The highest BCUT2D eigenvalue weighted by molar-refractivity contribution is 7.17. The van der Waals surface area contributed by atoms with Crippen LogP contribution in [0.1, 0.15) is 59.6 Å². The number of aromatic amines is 1. The van der Waals surface area contributed by atoms with E-state index in [1.807, 2.05) is 13.8 Å². The highest BCUT2D eigenvalue weighted by Gasteiger charge is 2.33. The summed E-state index contributed by atoms with van der Waals surface area (Å²) in [5.41, 5.74) is 0.738. The summed E-state index contributed by atoms with van der Waals surface area (Å²) in [5.74, 6) is -0.461. The second-order valence-corrected chi connectivity index (χ2v) is 8.53. The first kappa shape index (κ1) is 23.5. The van der Waals surface area contributed by atoms with Gasteiger partial charge in [0, 0.05) is 19.7 Å². The number of halogens is 1. The smallest absolute Gasteiger partial charge is 0.350 e. The Morgan fingerprint density at radius 2 is 2.19 bits per heavy atom. The lowest BCUT2D eigenvalue weighted by molar-refractivity contribution is 0.0204. The Morgan fingerprint density at radius 1 is 1.39 bits per heavy atom. The van der Waals surface area contributed by atoms with E-state index in [4.69, 9.17) is 21.1 Å². The first-order valence-corrected chi connectivity index (χ1v) is 11.7. The molecule has 1 saturated heterocycles. The van der Waals surface area contributed by atoms with Crippen LogP contribution in [-0.2, 0) is 15.9 Å². The number of thiazole rings is 1. The number of H-pyrrole nitrogens is 1. The molecule has 2 atom stereocenters. The van der Waals surface area contributed by atoms with Crippen LogP contribution in [0.15, 0.2) is 6.20 Å². The average Bonchev–Trinajstić information content (AvgIpc) is 3.40. The predicted octanol–water partition coefficient (Wildman–Crippen LogP) is 3.06. The van der Waals surface area contributed by atoms with Gasteiger partial charge in [-0.1, -0.05) is 36.8 Å². The summed E-state index contributed by atoms with van der Waals surface area (Å²) < 4.78 is 11.1. The molecule has 1 fully saturated rings. The summed E-state index contributed by atoms with van der Waals surface area (Å²) in [7, 11) is 0. The number of imidazole rings is 1. The first-order valence-electron chi connectivity index (χ1n) is 10.5. The Bertz CT molecular complexity index is 902. The number of hydrogen-bond donors (Lipinski definition) is 2. The molecular formula is C20H28ClN5O4S. The number of hydrogen-bond acceptors (Lipinski definition) is 8. The molecule has 2 aromatic heterocycles. The normalized spacial score (nSPS) is 18.8. The SMILES string of the molecule is CCCOC1CN(c2ncc(C(=O)OCC)s2)CCC1NC(=O)c1nc(Cl)c(CC)[nH]1. The standard InChI is InChI=1S/C20H28ClN5O4S/c1-4-9-30-14-11-26(20-22-10-15(31-20)19(28)29-6-3)8-7-13(14)24-18(27)17-23-12(5-2)16(21)25-17/h10,13-14H,4-9,11H2,1-3H3,(H,23,25)(H,24,27). The number of anilines is 1. The maximum atomic E-state index is 12.7. The molecule has 11 heteroatoms. The van der Waals surface area contributed by atoms with Gasteiger partial charge in [-0.25, -0.2) is 14.8 Å². The molecule has 9 nitrogen and oxygen atoms in total. The van der Waals surface area contributed by atoms with Crippen molar-refractivity contribution in [2.45, 2.75) is 52.2 Å². The third kappa shape index (κ3) is 5.75. The molecule has 0 aliphatic carbocycles. The van der Waals surface area contributed by atoms with E-state index in [1.54, 1.807) is 13.1 Å². The van der Waals surface area contributed by atoms with Crippen molar-refractivity contribution < 1.29 is 19.1 Å². The van der Waals surface area contributed by atoms with Crippen LogP contribution in [0.5, 0.6) is 0 Å². The molecule has 170 valence electrons. The van der Waals surface area contributed by atoms with E-state index in [0.29, 0.717) is 49.2 Å². The summed E-state index contributed by atoms with van der Waals surface area (Å²) >= 11 is 7.37. The van der Waals surface area contributed by atoms with Crippen LogP contribution in [0.3, 0.4) is 0 Å². The maximum Gasteiger partial charge on any atom is 0.350 e. The molecule has 1 aliphatic heterocycles. The zero-order valence-electron chi connectivity index (χ0n) is 17.9. The number of carbonyl (C=O) groups is 2. The lowest BCUT2D eigenvalue weighted by atomic mass is 10.0. The van der Waals surface area contributed by atoms with E-state index >= 15 is 0 Å². The number of piperidine rings is 1. The van der Waals surface area contributed by atoms with Gasteiger partial charge in [-0.3, -0.25) is 4.79 Å². The maximum absolute atomic E-state index is 12.7. The molecule has 2 N–H and O–H groups in total. The number of amides is 1. The van der Waals surface area contributed by atoms with Gasteiger partial charge in [0.2, 0.25) is 0 Å². The first-order chi connectivity index (χ1) is 15.0. The summed E-state index contributed by atoms with van der Waals surface area (Å²) in [6.45, 7) is 7.89. The minimum Gasteiger partial charge on any atom is -0.462 e. The van der Waals surface area contributed by atoms with E-state index in [2.05, 4.69) is 25.2 Å². The number of carbonyl (C=O) groups excluding carboxylic acids is 2. The Morgan fingerprint density at radius 3 is 2.87 bits per heavy atom. The number of aryl methyl sites for hydroxylation is 1. The van der Waals surface area contributed by atoms with Crippen LogP contribution in [0.25, 0.3) is 0 Å². The number of aromatic nitrogens is 3. The molecule has 1 aliphatic rings. The fourth-order valence-corrected chi connectivity index (χ4v) is 4.48. The van der Waals surface area contributed by atoms with Gasteiger partial charge in [-0.15, -0.1) is 0 Å². The van der Waals surface area contributed by atoms with Gasteiger partial charge in [-0.05, 0) is 26.2 Å². The van der Waals surface area contributed by atoms with Gasteiger partial charge in [-0.2, -0.15) is 0 Å². The Balaban J connectivity index is 1.67. The molecule has 0 spiro atoms. The van der Waals surface area contributed by atoms with Crippen LogP contribution >= 0.6 is 22.9 Å². The van der Waals surface area contributed by atoms with Crippen LogP contribution in [-0.4, -0.2) is 65.3 Å². The molecule has 0 bridgehead atoms. The Labute approximate surface area is 190 Å². The molecular weight excluding hydrogens is 442 g/mol. The van der Waals surface area contributed by atoms with Crippen molar-refractivity contribution in [3.63, 3.8) is 0 Å². The lowest BCUT2D eigenvalue weighted by Gasteiger charge is -2.38. The van der Waals surface area contributed by atoms with Gasteiger partial charge in [0.05, 0.1) is 30.6 Å². The summed E-state index contributed by atoms with van der Waals surface area (Å²) in [5, 5.41) is 4.10. The quantitative estimate of drug-likeness (QED) is 0.543. The Hall–Kier alpha value is -2.17. The zero-order valence-corrected chi connectivity index (χ0v) is 19.5. The van der Waals surface area contributed by atoms with Crippen molar-refractivity contribution in [2.24, 2.45) is 0 Å². The molecule has 31 heavy (non-hydrogen) atoms. The fourth-order valence-electron chi connectivity index (χ4n) is 3.37. The molecule has 3 rings (SSSR count). The van der Waals surface area contributed by atoms with Crippen molar-refractivity contribution in [1.29, 1.82) is 0 Å².